The minimum absolute atomic E-state index is 0.204. The van der Waals surface area contributed by atoms with Crippen molar-refractivity contribution < 1.29 is 23.5 Å². The van der Waals surface area contributed by atoms with Crippen molar-refractivity contribution in [2.75, 3.05) is 25.1 Å². The average molecular weight is 483 g/mol. The molecule has 0 radical (unpaired) electrons. The number of rotatable bonds is 6. The fraction of sp³-hybridized carbons (Fsp3) is 0.231. The molecular formula is C26H24ClFN2O4. The number of halogens is 2. The van der Waals surface area contributed by atoms with Crippen molar-refractivity contribution in [2.24, 2.45) is 0 Å². The standard InChI is InChI=1S/C26H24ClFN2O4/c1-3-33-22-12-7-17(13-23(22)34-4-2)26(32)30-15-24(31)29-21-11-8-18(27)14-20(21)25(30)16-5-9-19(28)10-6-16/h5-14,25H,3-4,15H2,1-2H3,(H,29,31). The molecule has 3 aromatic carbocycles. The average Bonchev–Trinajstić information content (AvgIpc) is 2.96. The summed E-state index contributed by atoms with van der Waals surface area (Å²) < 4.78 is 25.0. The van der Waals surface area contributed by atoms with E-state index in [9.17, 15) is 14.0 Å². The number of hydrogen-bond acceptors (Lipinski definition) is 4. The van der Waals surface area contributed by atoms with Crippen molar-refractivity contribution in [3.8, 4) is 11.5 Å². The zero-order chi connectivity index (χ0) is 24.2. The Balaban J connectivity index is 1.83. The highest BCUT2D eigenvalue weighted by molar-refractivity contribution is 6.30. The summed E-state index contributed by atoms with van der Waals surface area (Å²) in [6.45, 7) is 4.34. The first kappa shape index (κ1) is 23.6. The number of carbonyl (C=O) groups excluding carboxylic acids is 2. The van der Waals surface area contributed by atoms with Gasteiger partial charge in [-0.25, -0.2) is 4.39 Å². The molecule has 0 aliphatic carbocycles. The molecule has 1 atom stereocenters. The molecule has 1 heterocycles. The Morgan fingerprint density at radius 1 is 1.03 bits per heavy atom. The molecule has 1 aliphatic rings. The molecule has 3 aromatic rings. The molecule has 8 heteroatoms. The lowest BCUT2D eigenvalue weighted by molar-refractivity contribution is -0.117. The third-order valence-corrected chi connectivity index (χ3v) is 5.68. The first-order valence-electron chi connectivity index (χ1n) is 11.0. The third-order valence-electron chi connectivity index (χ3n) is 5.44. The number of nitrogens with one attached hydrogen (secondary N) is 1. The van der Waals surface area contributed by atoms with Gasteiger partial charge < -0.3 is 19.7 Å². The van der Waals surface area contributed by atoms with Crippen molar-refractivity contribution in [3.63, 3.8) is 0 Å². The predicted molar refractivity (Wildman–Crippen MR) is 128 cm³/mol. The molecule has 0 aromatic heterocycles. The maximum absolute atomic E-state index is 13.8. The molecule has 1 N–H and O–H groups in total. The summed E-state index contributed by atoms with van der Waals surface area (Å²) in [7, 11) is 0. The second kappa shape index (κ2) is 10.1. The number of carbonyl (C=O) groups is 2. The van der Waals surface area contributed by atoms with Crippen LogP contribution in [-0.4, -0.2) is 36.5 Å². The van der Waals surface area contributed by atoms with E-state index in [2.05, 4.69) is 5.32 Å². The van der Waals surface area contributed by atoms with Crippen LogP contribution in [0.1, 0.15) is 41.4 Å². The Kier molecular flexibility index (Phi) is 7.03. The molecule has 34 heavy (non-hydrogen) atoms. The summed E-state index contributed by atoms with van der Waals surface area (Å²) >= 11 is 6.28. The lowest BCUT2D eigenvalue weighted by Gasteiger charge is -2.31. The minimum Gasteiger partial charge on any atom is -0.490 e. The van der Waals surface area contributed by atoms with Gasteiger partial charge in [0.2, 0.25) is 5.91 Å². The van der Waals surface area contributed by atoms with Gasteiger partial charge >= 0.3 is 0 Å². The number of amides is 2. The van der Waals surface area contributed by atoms with Gasteiger partial charge in [-0.1, -0.05) is 23.7 Å². The minimum atomic E-state index is -0.678. The Bertz CT molecular complexity index is 1220. The van der Waals surface area contributed by atoms with Gasteiger partial charge in [-0.05, 0) is 67.9 Å². The monoisotopic (exact) mass is 482 g/mol. The van der Waals surface area contributed by atoms with E-state index >= 15 is 0 Å². The Labute approximate surface area is 202 Å². The normalized spacial score (nSPS) is 15.2. The van der Waals surface area contributed by atoms with Gasteiger partial charge in [0.1, 0.15) is 12.4 Å². The molecule has 1 aliphatic heterocycles. The van der Waals surface area contributed by atoms with Crippen molar-refractivity contribution in [3.05, 3.63) is 88.2 Å². The van der Waals surface area contributed by atoms with Gasteiger partial charge in [0.15, 0.2) is 11.5 Å². The number of ether oxygens (including phenoxy) is 2. The molecule has 4 rings (SSSR count). The fourth-order valence-corrected chi connectivity index (χ4v) is 4.20. The summed E-state index contributed by atoms with van der Waals surface area (Å²) in [6, 6.07) is 15.2. The van der Waals surface area contributed by atoms with Crippen LogP contribution in [0, 0.1) is 5.82 Å². The molecule has 6 nitrogen and oxygen atoms in total. The van der Waals surface area contributed by atoms with Crippen LogP contribution in [-0.2, 0) is 4.79 Å². The number of hydrogen-bond donors (Lipinski definition) is 1. The largest absolute Gasteiger partial charge is 0.490 e. The summed E-state index contributed by atoms with van der Waals surface area (Å²) in [5.74, 6) is -0.166. The maximum atomic E-state index is 13.8. The topological polar surface area (TPSA) is 67.9 Å². The molecule has 0 saturated heterocycles. The molecule has 0 bridgehead atoms. The lowest BCUT2D eigenvalue weighted by atomic mass is 9.95. The molecular weight excluding hydrogens is 459 g/mol. The number of nitrogens with zero attached hydrogens (tertiary/aromatic N) is 1. The van der Waals surface area contributed by atoms with Crippen LogP contribution in [0.2, 0.25) is 5.02 Å². The van der Waals surface area contributed by atoms with Crippen LogP contribution >= 0.6 is 11.6 Å². The first-order valence-corrected chi connectivity index (χ1v) is 11.3. The van der Waals surface area contributed by atoms with E-state index in [1.54, 1.807) is 48.5 Å². The first-order chi connectivity index (χ1) is 16.4. The predicted octanol–water partition coefficient (Wildman–Crippen LogP) is 5.46. The number of benzene rings is 3. The Morgan fingerprint density at radius 3 is 2.44 bits per heavy atom. The van der Waals surface area contributed by atoms with Gasteiger partial charge in [-0.2, -0.15) is 0 Å². The van der Waals surface area contributed by atoms with Crippen molar-refractivity contribution >= 4 is 29.1 Å². The maximum Gasteiger partial charge on any atom is 0.255 e. The quantitative estimate of drug-likeness (QED) is 0.506. The van der Waals surface area contributed by atoms with Crippen LogP contribution < -0.4 is 14.8 Å². The molecule has 1 unspecified atom stereocenters. The summed E-state index contributed by atoms with van der Waals surface area (Å²) in [6.07, 6.45) is 0. The highest BCUT2D eigenvalue weighted by Crippen LogP contribution is 2.39. The summed E-state index contributed by atoms with van der Waals surface area (Å²) in [5, 5.41) is 3.30. The zero-order valence-corrected chi connectivity index (χ0v) is 19.6. The van der Waals surface area contributed by atoms with Crippen molar-refractivity contribution in [2.45, 2.75) is 19.9 Å². The van der Waals surface area contributed by atoms with Crippen LogP contribution in [0.25, 0.3) is 0 Å². The molecule has 0 saturated carbocycles. The van der Waals surface area contributed by atoms with E-state index in [-0.39, 0.29) is 18.4 Å². The Morgan fingerprint density at radius 2 is 1.74 bits per heavy atom. The molecule has 2 amide bonds. The molecule has 0 fully saturated rings. The number of fused-ring (bicyclic) bond motifs is 1. The molecule has 176 valence electrons. The van der Waals surface area contributed by atoms with Crippen LogP contribution in [0.3, 0.4) is 0 Å². The van der Waals surface area contributed by atoms with Crippen molar-refractivity contribution in [1.29, 1.82) is 0 Å². The highest BCUT2D eigenvalue weighted by atomic mass is 35.5. The second-order valence-corrected chi connectivity index (χ2v) is 8.13. The summed E-state index contributed by atoms with van der Waals surface area (Å²) in [4.78, 5) is 28.0. The van der Waals surface area contributed by atoms with Gasteiger partial charge in [0.25, 0.3) is 5.91 Å². The third kappa shape index (κ3) is 4.84. The van der Waals surface area contributed by atoms with E-state index in [0.29, 0.717) is 52.1 Å². The van der Waals surface area contributed by atoms with Gasteiger partial charge in [0.05, 0.1) is 19.3 Å². The van der Waals surface area contributed by atoms with E-state index in [1.165, 1.54) is 17.0 Å². The van der Waals surface area contributed by atoms with Crippen molar-refractivity contribution in [1.82, 2.24) is 4.90 Å². The van der Waals surface area contributed by atoms with Crippen LogP contribution in [0.15, 0.2) is 60.7 Å². The van der Waals surface area contributed by atoms with E-state index in [1.807, 2.05) is 13.8 Å². The lowest BCUT2D eigenvalue weighted by Crippen LogP contribution is -2.39. The van der Waals surface area contributed by atoms with E-state index in [0.717, 1.165) is 0 Å². The van der Waals surface area contributed by atoms with Crippen LogP contribution in [0.5, 0.6) is 11.5 Å². The fourth-order valence-electron chi connectivity index (χ4n) is 4.02. The second-order valence-electron chi connectivity index (χ2n) is 7.69. The zero-order valence-electron chi connectivity index (χ0n) is 18.8. The SMILES string of the molecule is CCOc1ccc(C(=O)N2CC(=O)Nc3ccc(Cl)cc3C2c2ccc(F)cc2)cc1OCC. The van der Waals surface area contributed by atoms with Gasteiger partial charge in [-0.15, -0.1) is 0 Å². The van der Waals surface area contributed by atoms with E-state index in [4.69, 9.17) is 21.1 Å². The smallest absolute Gasteiger partial charge is 0.255 e. The highest BCUT2D eigenvalue weighted by Gasteiger charge is 2.34. The van der Waals surface area contributed by atoms with Crippen LogP contribution in [0.4, 0.5) is 10.1 Å². The van der Waals surface area contributed by atoms with Gasteiger partial charge in [-0.3, -0.25) is 9.59 Å². The summed E-state index contributed by atoms with van der Waals surface area (Å²) in [5.41, 5.74) is 2.15. The van der Waals surface area contributed by atoms with E-state index < -0.39 is 11.9 Å². The number of anilines is 1. The molecule has 0 spiro atoms. The Hall–Kier alpha value is -3.58. The van der Waals surface area contributed by atoms with Gasteiger partial charge in [0, 0.05) is 21.8 Å².